The number of hydrogen-bond acceptors (Lipinski definition) is 2. The minimum absolute atomic E-state index is 0.220. The van der Waals surface area contributed by atoms with Gasteiger partial charge in [-0.3, -0.25) is 4.79 Å². The minimum atomic E-state index is -1.13. The van der Waals surface area contributed by atoms with Crippen LogP contribution in [0.1, 0.15) is 69.9 Å². The molecule has 1 aliphatic carbocycles. The van der Waals surface area contributed by atoms with E-state index in [9.17, 15) is 9.26 Å². The molecule has 0 spiro atoms. The molecule has 2 nitrogen and oxygen atoms in total. The third-order valence-corrected chi connectivity index (χ3v) is 4.03. The lowest BCUT2D eigenvalue weighted by molar-refractivity contribution is -0.118. The molecule has 3 heteroatoms. The molecule has 0 amide bonds. The molecule has 22 heavy (non-hydrogen) atoms. The number of Topliss-reactive ketones (excluding diaryl/α,β-unsaturated/α-hetero) is 1. The highest BCUT2D eigenvalue weighted by Gasteiger charge is 2.19. The summed E-state index contributed by atoms with van der Waals surface area (Å²) in [5.41, 5.74) is 3.02. The molecule has 0 radical (unpaired) electrons. The van der Waals surface area contributed by atoms with Gasteiger partial charge in [0.15, 0.2) is 0 Å². The van der Waals surface area contributed by atoms with E-state index >= 15 is 0 Å². The van der Waals surface area contributed by atoms with Gasteiger partial charge in [0.05, 0.1) is 0 Å². The van der Waals surface area contributed by atoms with E-state index in [0.29, 0.717) is 11.7 Å². The van der Waals surface area contributed by atoms with Crippen molar-refractivity contribution >= 4 is 14.5 Å². The Balaban J connectivity index is 0.000000541. The van der Waals surface area contributed by atoms with E-state index in [1.165, 1.54) is 17.5 Å². The van der Waals surface area contributed by atoms with Crippen molar-refractivity contribution in [2.75, 3.05) is 0 Å². The van der Waals surface area contributed by atoms with Crippen molar-refractivity contribution in [2.24, 2.45) is 0 Å². The van der Waals surface area contributed by atoms with Crippen molar-refractivity contribution in [3.05, 3.63) is 35.4 Å². The molecule has 2 rings (SSSR count). The van der Waals surface area contributed by atoms with Crippen LogP contribution < -0.4 is 0 Å². The van der Waals surface area contributed by atoms with Crippen LogP contribution >= 0.6 is 0 Å². The Bertz CT molecular complexity index is 493. The van der Waals surface area contributed by atoms with E-state index in [1.54, 1.807) is 13.1 Å². The van der Waals surface area contributed by atoms with Crippen LogP contribution in [0.3, 0.4) is 0 Å². The fourth-order valence-corrected chi connectivity index (χ4v) is 2.74. The molecule has 0 aromatic heterocycles. The van der Waals surface area contributed by atoms with Crippen molar-refractivity contribution in [2.45, 2.75) is 77.3 Å². The normalized spacial score (nSPS) is 19.0. The van der Waals surface area contributed by atoms with Gasteiger partial charge in [-0.1, -0.05) is 45.0 Å². The summed E-state index contributed by atoms with van der Waals surface area (Å²) in [7, 11) is -1.13. The lowest BCUT2D eigenvalue weighted by atomic mass is 9.84. The number of rotatable bonds is 1. The van der Waals surface area contributed by atoms with Crippen LogP contribution in [0.15, 0.2) is 24.3 Å². The molecule has 1 atom stereocenters. The molecule has 0 aliphatic heterocycles. The third kappa shape index (κ3) is 6.78. The van der Waals surface area contributed by atoms with Gasteiger partial charge in [0.25, 0.3) is 8.68 Å². The summed E-state index contributed by atoms with van der Waals surface area (Å²) in [6.45, 7) is 10.2. The van der Waals surface area contributed by atoms with Crippen molar-refractivity contribution in [3.8, 4) is 0 Å². The molecule has 1 fully saturated rings. The smallest absolute Gasteiger partial charge is 0.270 e. The van der Waals surface area contributed by atoms with E-state index in [4.69, 9.17) is 0 Å². The molecular formula is C19H30O2Si. The SMILES string of the molecule is CC(C)(C)c1ccc([C@@H]2CCCC(=O)CC2)cc1.C[Si](C)=O. The molecule has 1 saturated carbocycles. The zero-order valence-corrected chi connectivity index (χ0v) is 15.7. The van der Waals surface area contributed by atoms with Crippen LogP contribution in [0, 0.1) is 0 Å². The second-order valence-corrected chi connectivity index (χ2v) is 9.26. The lowest BCUT2D eigenvalue weighted by Crippen LogP contribution is -2.11. The van der Waals surface area contributed by atoms with Crippen LogP contribution in [0.4, 0.5) is 0 Å². The van der Waals surface area contributed by atoms with Crippen LogP contribution in [-0.2, 0) is 14.7 Å². The number of carbonyl (C=O) groups excluding carboxylic acids is 1. The van der Waals surface area contributed by atoms with E-state index in [-0.39, 0.29) is 5.41 Å². The first-order valence-corrected chi connectivity index (χ1v) is 10.7. The highest BCUT2D eigenvalue weighted by atomic mass is 28.2. The van der Waals surface area contributed by atoms with Gasteiger partial charge in [-0.05, 0) is 54.8 Å². The lowest BCUT2D eigenvalue weighted by Gasteiger charge is -2.21. The molecule has 1 aromatic carbocycles. The fourth-order valence-electron chi connectivity index (χ4n) is 2.74. The Morgan fingerprint density at radius 2 is 1.55 bits per heavy atom. The molecule has 0 heterocycles. The van der Waals surface area contributed by atoms with E-state index in [2.05, 4.69) is 45.0 Å². The van der Waals surface area contributed by atoms with Gasteiger partial charge in [0.2, 0.25) is 0 Å². The van der Waals surface area contributed by atoms with Crippen molar-refractivity contribution < 1.29 is 9.26 Å². The van der Waals surface area contributed by atoms with E-state index in [1.807, 2.05) is 0 Å². The maximum absolute atomic E-state index is 11.4. The second kappa shape index (κ2) is 8.52. The molecular weight excluding hydrogens is 288 g/mol. The Hall–Kier alpha value is -1.09. The van der Waals surface area contributed by atoms with Crippen LogP contribution in [0.5, 0.6) is 0 Å². The van der Waals surface area contributed by atoms with E-state index in [0.717, 1.165) is 25.7 Å². The Morgan fingerprint density at radius 1 is 1.00 bits per heavy atom. The van der Waals surface area contributed by atoms with Crippen LogP contribution in [-0.4, -0.2) is 14.5 Å². The summed E-state index contributed by atoms with van der Waals surface area (Å²) in [5.74, 6) is 1.04. The maximum Gasteiger partial charge on any atom is 0.270 e. The summed E-state index contributed by atoms with van der Waals surface area (Å²) >= 11 is 0. The number of ketones is 1. The predicted molar refractivity (Wildman–Crippen MR) is 94.1 cm³/mol. The largest absolute Gasteiger partial charge is 0.389 e. The summed E-state index contributed by atoms with van der Waals surface area (Å²) in [5, 5.41) is 0. The zero-order chi connectivity index (χ0) is 16.8. The Labute approximate surface area is 137 Å². The third-order valence-electron chi connectivity index (χ3n) is 4.03. The molecule has 1 aromatic rings. The highest BCUT2D eigenvalue weighted by molar-refractivity contribution is 6.38. The second-order valence-electron chi connectivity index (χ2n) is 7.45. The minimum Gasteiger partial charge on any atom is -0.389 e. The van der Waals surface area contributed by atoms with Crippen molar-refractivity contribution in [3.63, 3.8) is 0 Å². The summed E-state index contributed by atoms with van der Waals surface area (Å²) in [4.78, 5) is 11.4. The molecule has 0 N–H and O–H groups in total. The van der Waals surface area contributed by atoms with Gasteiger partial charge in [0.1, 0.15) is 5.78 Å². The zero-order valence-electron chi connectivity index (χ0n) is 14.7. The molecule has 1 aliphatic rings. The van der Waals surface area contributed by atoms with Gasteiger partial charge in [0, 0.05) is 12.8 Å². The summed E-state index contributed by atoms with van der Waals surface area (Å²) < 4.78 is 9.63. The van der Waals surface area contributed by atoms with Crippen LogP contribution in [0.2, 0.25) is 13.1 Å². The van der Waals surface area contributed by atoms with Gasteiger partial charge in [-0.2, -0.15) is 0 Å². The summed E-state index contributed by atoms with van der Waals surface area (Å²) in [6, 6.07) is 9.03. The Kier molecular flexibility index (Phi) is 7.34. The topological polar surface area (TPSA) is 34.1 Å². The van der Waals surface area contributed by atoms with Crippen molar-refractivity contribution in [1.29, 1.82) is 0 Å². The monoisotopic (exact) mass is 318 g/mol. The van der Waals surface area contributed by atoms with Gasteiger partial charge < -0.3 is 4.46 Å². The molecule has 0 bridgehead atoms. The summed E-state index contributed by atoms with van der Waals surface area (Å²) in [6.07, 6.45) is 4.82. The first-order chi connectivity index (χ1) is 10.2. The molecule has 0 unspecified atom stereocenters. The van der Waals surface area contributed by atoms with Crippen LogP contribution in [0.25, 0.3) is 0 Å². The predicted octanol–water partition coefficient (Wildman–Crippen LogP) is 5.27. The van der Waals surface area contributed by atoms with Crippen molar-refractivity contribution in [1.82, 2.24) is 0 Å². The quantitative estimate of drug-likeness (QED) is 0.522. The van der Waals surface area contributed by atoms with Gasteiger partial charge in [-0.25, -0.2) is 0 Å². The standard InChI is InChI=1S/C17H24O.C2H6OSi/c1-17(2,3)15-10-7-14(8-11-15)13-5-4-6-16(18)12-9-13;1-4(2)3/h7-8,10-11,13H,4-6,9,12H2,1-3H3;1-2H3/t13-;/m1./s1. The number of carbonyl (C=O) groups is 1. The highest BCUT2D eigenvalue weighted by Crippen LogP contribution is 2.32. The average molecular weight is 319 g/mol. The van der Waals surface area contributed by atoms with Gasteiger partial charge >= 0.3 is 0 Å². The molecule has 122 valence electrons. The fraction of sp³-hybridized carbons (Fsp3) is 0.632. The molecule has 0 saturated heterocycles. The first-order valence-electron chi connectivity index (χ1n) is 8.29. The number of hydrogen-bond donors (Lipinski definition) is 0. The Morgan fingerprint density at radius 3 is 2.05 bits per heavy atom. The first kappa shape index (κ1) is 19.0. The van der Waals surface area contributed by atoms with Gasteiger partial charge in [-0.15, -0.1) is 0 Å². The average Bonchev–Trinajstić information content (AvgIpc) is 2.62. The van der Waals surface area contributed by atoms with E-state index < -0.39 is 8.68 Å². The maximum atomic E-state index is 11.4. The number of benzene rings is 1.